The minimum atomic E-state index is -0.0192. The van der Waals surface area contributed by atoms with Crippen LogP contribution in [0.15, 0.2) is 105 Å². The molecule has 32 heavy (non-hydrogen) atoms. The fourth-order valence-corrected chi connectivity index (χ4v) is 2.91. The summed E-state index contributed by atoms with van der Waals surface area (Å²) in [6.07, 6.45) is 0. The lowest BCUT2D eigenvalue weighted by Gasteiger charge is -2.03. The summed E-state index contributed by atoms with van der Waals surface area (Å²) in [5, 5.41) is 36.1. The number of nitrogen functional groups attached to an aromatic ring is 2. The van der Waals surface area contributed by atoms with E-state index in [9.17, 15) is 10.2 Å². The Hall–Kier alpha value is -4.72. The molecule has 0 saturated heterocycles. The molecule has 0 aliphatic carbocycles. The van der Waals surface area contributed by atoms with Gasteiger partial charge in [-0.1, -0.05) is 24.3 Å². The molecule has 0 fully saturated rings. The van der Waals surface area contributed by atoms with Gasteiger partial charge in [-0.15, -0.1) is 10.2 Å². The third-order valence-corrected chi connectivity index (χ3v) is 4.61. The van der Waals surface area contributed by atoms with E-state index < -0.39 is 0 Å². The Balaban J connectivity index is 1.45. The van der Waals surface area contributed by atoms with Crippen LogP contribution in [-0.4, -0.2) is 10.2 Å². The number of anilines is 2. The molecule has 0 amide bonds. The zero-order chi connectivity index (χ0) is 22.5. The number of aromatic hydroxyl groups is 2. The van der Waals surface area contributed by atoms with Gasteiger partial charge in [-0.25, -0.2) is 0 Å². The molecule has 0 spiro atoms. The SMILES string of the molecule is Nc1ccc(N=Nc2ccc(-c3ccc(N=Nc4ccc(N)cc4O)cc3)cc2)c(O)c1. The zero-order valence-electron chi connectivity index (χ0n) is 16.9. The van der Waals surface area contributed by atoms with Gasteiger partial charge in [0.25, 0.3) is 0 Å². The molecule has 158 valence electrons. The Labute approximate surface area is 184 Å². The van der Waals surface area contributed by atoms with Gasteiger partial charge in [0, 0.05) is 23.5 Å². The normalized spacial score (nSPS) is 11.4. The van der Waals surface area contributed by atoms with Crippen LogP contribution in [0.25, 0.3) is 11.1 Å². The van der Waals surface area contributed by atoms with E-state index in [1.54, 1.807) is 24.3 Å². The number of azo groups is 2. The van der Waals surface area contributed by atoms with Gasteiger partial charge in [0.1, 0.15) is 22.9 Å². The molecule has 8 heteroatoms. The Morgan fingerprint density at radius 1 is 0.469 bits per heavy atom. The van der Waals surface area contributed by atoms with Gasteiger partial charge in [-0.2, -0.15) is 10.2 Å². The zero-order valence-corrected chi connectivity index (χ0v) is 16.9. The van der Waals surface area contributed by atoms with Crippen molar-refractivity contribution in [3.8, 4) is 22.6 Å². The van der Waals surface area contributed by atoms with Gasteiger partial charge in [0.2, 0.25) is 0 Å². The Morgan fingerprint density at radius 2 is 0.844 bits per heavy atom. The molecular weight excluding hydrogens is 404 g/mol. The van der Waals surface area contributed by atoms with Crippen molar-refractivity contribution in [2.45, 2.75) is 0 Å². The number of hydrogen-bond donors (Lipinski definition) is 4. The van der Waals surface area contributed by atoms with Gasteiger partial charge >= 0.3 is 0 Å². The van der Waals surface area contributed by atoms with E-state index in [0.717, 1.165) is 11.1 Å². The summed E-state index contributed by atoms with van der Waals surface area (Å²) in [4.78, 5) is 0. The van der Waals surface area contributed by atoms with Crippen molar-refractivity contribution in [2.75, 3.05) is 11.5 Å². The quantitative estimate of drug-likeness (QED) is 0.207. The van der Waals surface area contributed by atoms with Crippen LogP contribution in [0, 0.1) is 0 Å². The highest BCUT2D eigenvalue weighted by Crippen LogP contribution is 2.32. The van der Waals surface area contributed by atoms with E-state index in [-0.39, 0.29) is 11.5 Å². The number of hydrogen-bond acceptors (Lipinski definition) is 8. The average Bonchev–Trinajstić information content (AvgIpc) is 2.79. The van der Waals surface area contributed by atoms with E-state index in [0.29, 0.717) is 34.1 Å². The van der Waals surface area contributed by atoms with Crippen LogP contribution in [0.4, 0.5) is 34.1 Å². The largest absolute Gasteiger partial charge is 0.506 e. The standard InChI is InChI=1S/C24H20N6O2/c25-17-5-11-21(23(31)13-17)29-27-19-7-1-15(2-8-19)16-3-9-20(10-4-16)28-30-22-12-6-18(26)14-24(22)32/h1-14,31-32H,25-26H2. The third kappa shape index (κ3) is 4.88. The summed E-state index contributed by atoms with van der Waals surface area (Å²) in [6, 6.07) is 24.5. The van der Waals surface area contributed by atoms with Crippen LogP contribution in [0.3, 0.4) is 0 Å². The highest BCUT2D eigenvalue weighted by molar-refractivity contribution is 5.67. The smallest absolute Gasteiger partial charge is 0.145 e. The van der Waals surface area contributed by atoms with Gasteiger partial charge in [0.15, 0.2) is 0 Å². The maximum Gasteiger partial charge on any atom is 0.145 e. The summed E-state index contributed by atoms with van der Waals surface area (Å²) >= 11 is 0. The van der Waals surface area contributed by atoms with Crippen molar-refractivity contribution in [2.24, 2.45) is 20.5 Å². The van der Waals surface area contributed by atoms with E-state index in [1.807, 2.05) is 48.5 Å². The molecule has 4 aromatic rings. The Kier molecular flexibility index (Phi) is 5.76. The predicted octanol–water partition coefficient (Wildman–Crippen LogP) is 6.76. The Bertz CT molecular complexity index is 1200. The number of phenols is 2. The number of nitrogens with two attached hydrogens (primary N) is 2. The number of benzene rings is 4. The first kappa shape index (κ1) is 20.5. The first-order valence-electron chi connectivity index (χ1n) is 9.69. The van der Waals surface area contributed by atoms with E-state index >= 15 is 0 Å². The fourth-order valence-electron chi connectivity index (χ4n) is 2.91. The van der Waals surface area contributed by atoms with Crippen LogP contribution in [0.5, 0.6) is 11.5 Å². The lowest BCUT2D eigenvalue weighted by atomic mass is 10.1. The summed E-state index contributed by atoms with van der Waals surface area (Å²) in [7, 11) is 0. The molecule has 0 atom stereocenters. The van der Waals surface area contributed by atoms with Crippen LogP contribution in [0.1, 0.15) is 0 Å². The first-order valence-corrected chi connectivity index (χ1v) is 9.69. The minimum Gasteiger partial charge on any atom is -0.506 e. The maximum atomic E-state index is 9.85. The molecule has 0 unspecified atom stereocenters. The molecule has 4 rings (SSSR count). The number of nitrogens with zero attached hydrogens (tertiary/aromatic N) is 4. The second kappa shape index (κ2) is 8.97. The lowest BCUT2D eigenvalue weighted by Crippen LogP contribution is -1.82. The van der Waals surface area contributed by atoms with E-state index in [2.05, 4.69) is 20.5 Å². The molecule has 0 aromatic heterocycles. The predicted molar refractivity (Wildman–Crippen MR) is 125 cm³/mol. The molecule has 0 radical (unpaired) electrons. The third-order valence-electron chi connectivity index (χ3n) is 4.61. The topological polar surface area (TPSA) is 142 Å². The molecule has 6 N–H and O–H groups in total. The summed E-state index contributed by atoms with van der Waals surface area (Å²) in [5.74, 6) is -0.0385. The second-order valence-electron chi connectivity index (χ2n) is 6.99. The number of phenolic OH excluding ortho intramolecular Hbond substituents is 2. The van der Waals surface area contributed by atoms with Crippen LogP contribution in [-0.2, 0) is 0 Å². The van der Waals surface area contributed by atoms with Gasteiger partial charge in [0.05, 0.1) is 11.4 Å². The van der Waals surface area contributed by atoms with E-state index in [1.165, 1.54) is 12.1 Å². The Morgan fingerprint density at radius 3 is 1.19 bits per heavy atom. The van der Waals surface area contributed by atoms with Gasteiger partial charge < -0.3 is 21.7 Å². The lowest BCUT2D eigenvalue weighted by molar-refractivity contribution is 0.476. The van der Waals surface area contributed by atoms with E-state index in [4.69, 9.17) is 11.5 Å². The molecule has 0 aliphatic rings. The van der Waals surface area contributed by atoms with Crippen LogP contribution in [0.2, 0.25) is 0 Å². The van der Waals surface area contributed by atoms with Crippen molar-refractivity contribution in [1.82, 2.24) is 0 Å². The van der Waals surface area contributed by atoms with Gasteiger partial charge in [-0.3, -0.25) is 0 Å². The molecule has 0 bridgehead atoms. The molecule has 4 aromatic carbocycles. The molecule has 8 nitrogen and oxygen atoms in total. The van der Waals surface area contributed by atoms with Crippen molar-refractivity contribution in [3.05, 3.63) is 84.9 Å². The van der Waals surface area contributed by atoms with Crippen LogP contribution >= 0.6 is 0 Å². The molecule has 0 heterocycles. The van der Waals surface area contributed by atoms with Crippen molar-refractivity contribution in [3.63, 3.8) is 0 Å². The first-order chi connectivity index (χ1) is 15.5. The monoisotopic (exact) mass is 424 g/mol. The second-order valence-corrected chi connectivity index (χ2v) is 6.99. The van der Waals surface area contributed by atoms with Crippen molar-refractivity contribution in [1.29, 1.82) is 0 Å². The molecule has 0 saturated carbocycles. The summed E-state index contributed by atoms with van der Waals surface area (Å²) < 4.78 is 0. The summed E-state index contributed by atoms with van der Waals surface area (Å²) in [6.45, 7) is 0. The van der Waals surface area contributed by atoms with Crippen molar-refractivity contribution < 1.29 is 10.2 Å². The molecule has 0 aliphatic heterocycles. The maximum absolute atomic E-state index is 9.85. The fraction of sp³-hybridized carbons (Fsp3) is 0. The van der Waals surface area contributed by atoms with Crippen LogP contribution < -0.4 is 11.5 Å². The average molecular weight is 424 g/mol. The minimum absolute atomic E-state index is 0.0192. The van der Waals surface area contributed by atoms with Gasteiger partial charge in [-0.05, 0) is 59.7 Å². The highest BCUT2D eigenvalue weighted by atomic mass is 16.3. The number of rotatable bonds is 5. The molecular formula is C24H20N6O2. The van der Waals surface area contributed by atoms with Crippen molar-refractivity contribution >= 4 is 34.1 Å². The summed E-state index contributed by atoms with van der Waals surface area (Å²) in [5.41, 5.74) is 16.1. The highest BCUT2D eigenvalue weighted by Gasteiger charge is 2.02.